The summed E-state index contributed by atoms with van der Waals surface area (Å²) in [5.74, 6) is -0.364. The minimum Gasteiger partial charge on any atom is -0.441 e. The molecule has 0 N–H and O–H groups in total. The lowest BCUT2D eigenvalue weighted by Gasteiger charge is -1.96. The van der Waals surface area contributed by atoms with Crippen LogP contribution in [0.25, 0.3) is 0 Å². The van der Waals surface area contributed by atoms with Crippen molar-refractivity contribution in [2.24, 2.45) is 0 Å². The first-order valence-electron chi connectivity index (χ1n) is 2.63. The topological polar surface area (TPSA) is 69.9 Å². The molecule has 0 spiro atoms. The van der Waals surface area contributed by atoms with Crippen molar-refractivity contribution >= 4 is 5.97 Å². The molecule has 0 atom stereocenters. The molecule has 6 heteroatoms. The van der Waals surface area contributed by atoms with Gasteiger partial charge >= 0.3 is 5.97 Å². The van der Waals surface area contributed by atoms with E-state index in [-0.39, 0.29) is 12.7 Å². The highest BCUT2D eigenvalue weighted by molar-refractivity contribution is 5.65. The number of nitrogens with zero attached hydrogens (tertiary/aromatic N) is 4. The Kier molecular flexibility index (Phi) is 1.93. The third kappa shape index (κ3) is 1.81. The Bertz CT molecular complexity index is 207. The monoisotopic (exact) mass is 142 g/mol. The van der Waals surface area contributed by atoms with Crippen molar-refractivity contribution in [2.75, 3.05) is 0 Å². The van der Waals surface area contributed by atoms with Crippen LogP contribution in [0.1, 0.15) is 6.92 Å². The van der Waals surface area contributed by atoms with E-state index in [2.05, 4.69) is 20.1 Å². The fraction of sp³-hybridized carbons (Fsp3) is 0.500. The first-order valence-corrected chi connectivity index (χ1v) is 2.63. The summed E-state index contributed by atoms with van der Waals surface area (Å²) in [5.41, 5.74) is 0. The Morgan fingerprint density at radius 1 is 1.80 bits per heavy atom. The summed E-state index contributed by atoms with van der Waals surface area (Å²) in [6, 6.07) is 0. The molecule has 0 bridgehead atoms. The highest BCUT2D eigenvalue weighted by Crippen LogP contribution is 1.79. The molecule has 1 aromatic rings. The molecule has 0 aliphatic heterocycles. The lowest BCUT2D eigenvalue weighted by molar-refractivity contribution is -0.145. The van der Waals surface area contributed by atoms with Crippen molar-refractivity contribution in [1.82, 2.24) is 20.2 Å². The molecule has 0 amide bonds. The third-order valence-corrected chi connectivity index (χ3v) is 0.775. The summed E-state index contributed by atoms with van der Waals surface area (Å²) in [6.45, 7) is 1.34. The number of aromatic nitrogens is 4. The van der Waals surface area contributed by atoms with Crippen molar-refractivity contribution in [1.29, 1.82) is 0 Å². The van der Waals surface area contributed by atoms with Crippen LogP contribution < -0.4 is 0 Å². The van der Waals surface area contributed by atoms with Gasteiger partial charge in [0.1, 0.15) is 0 Å². The Morgan fingerprint density at radius 3 is 3.10 bits per heavy atom. The fourth-order valence-electron chi connectivity index (χ4n) is 0.396. The van der Waals surface area contributed by atoms with Crippen molar-refractivity contribution in [3.05, 3.63) is 6.33 Å². The average Bonchev–Trinajstić information content (AvgIpc) is 2.34. The minimum atomic E-state index is -0.364. The van der Waals surface area contributed by atoms with Crippen LogP contribution in [0.15, 0.2) is 6.33 Å². The molecule has 0 fully saturated rings. The van der Waals surface area contributed by atoms with Crippen LogP contribution in [0.2, 0.25) is 0 Å². The van der Waals surface area contributed by atoms with Crippen LogP contribution in [0.4, 0.5) is 0 Å². The minimum absolute atomic E-state index is 0.0231. The van der Waals surface area contributed by atoms with Gasteiger partial charge in [-0.25, -0.2) is 0 Å². The van der Waals surface area contributed by atoms with E-state index in [1.807, 2.05) is 0 Å². The predicted octanol–water partition coefficient (Wildman–Crippen LogP) is -0.806. The van der Waals surface area contributed by atoms with E-state index in [1.54, 1.807) is 0 Å². The maximum Gasteiger partial charge on any atom is 0.304 e. The van der Waals surface area contributed by atoms with Gasteiger partial charge in [0, 0.05) is 6.92 Å². The van der Waals surface area contributed by atoms with Crippen molar-refractivity contribution in [3.8, 4) is 0 Å². The summed E-state index contributed by atoms with van der Waals surface area (Å²) < 4.78 is 4.55. The molecule has 1 rings (SSSR count). The fourth-order valence-corrected chi connectivity index (χ4v) is 0.396. The van der Waals surface area contributed by atoms with Gasteiger partial charge in [-0.15, -0.1) is 15.0 Å². The zero-order valence-corrected chi connectivity index (χ0v) is 5.39. The standard InChI is InChI=1S/C4H6N4O2/c1-4(9)10-3-8-6-2-5-7-8/h2H,3H2,1H3. The molecular formula is C4H6N4O2. The Morgan fingerprint density at radius 2 is 2.60 bits per heavy atom. The largest absolute Gasteiger partial charge is 0.441 e. The highest BCUT2D eigenvalue weighted by Gasteiger charge is 1.93. The van der Waals surface area contributed by atoms with E-state index in [1.165, 1.54) is 18.0 Å². The van der Waals surface area contributed by atoms with E-state index in [9.17, 15) is 4.79 Å². The third-order valence-electron chi connectivity index (χ3n) is 0.775. The molecule has 0 aliphatic carbocycles. The van der Waals surface area contributed by atoms with Crippen molar-refractivity contribution in [3.63, 3.8) is 0 Å². The predicted molar refractivity (Wildman–Crippen MR) is 29.6 cm³/mol. The summed E-state index contributed by atoms with van der Waals surface area (Å²) in [4.78, 5) is 11.4. The molecule has 1 heterocycles. The second-order valence-corrected chi connectivity index (χ2v) is 1.57. The Hall–Kier alpha value is -1.46. The summed E-state index contributed by atoms with van der Waals surface area (Å²) in [5, 5.41) is 10.5. The van der Waals surface area contributed by atoms with E-state index in [4.69, 9.17) is 0 Å². The molecule has 0 saturated heterocycles. The molecule has 6 nitrogen and oxygen atoms in total. The van der Waals surface area contributed by atoms with Crippen LogP contribution in [0.5, 0.6) is 0 Å². The van der Waals surface area contributed by atoms with Gasteiger partial charge in [0.05, 0.1) is 0 Å². The SMILES string of the molecule is CC(=O)OCn1ncnn1. The first kappa shape index (κ1) is 6.66. The molecule has 54 valence electrons. The van der Waals surface area contributed by atoms with Crippen molar-refractivity contribution < 1.29 is 9.53 Å². The summed E-state index contributed by atoms with van der Waals surface area (Å²) in [7, 11) is 0. The second kappa shape index (κ2) is 2.90. The lowest BCUT2D eigenvalue weighted by atomic mass is 10.8. The normalized spacial score (nSPS) is 9.30. The van der Waals surface area contributed by atoms with Gasteiger partial charge in [-0.2, -0.15) is 0 Å². The second-order valence-electron chi connectivity index (χ2n) is 1.57. The number of hydrogen-bond donors (Lipinski definition) is 0. The Labute approximate surface area is 56.8 Å². The lowest BCUT2D eigenvalue weighted by Crippen LogP contribution is -2.08. The number of ether oxygens (including phenoxy) is 1. The molecule has 0 unspecified atom stereocenters. The molecule has 1 aromatic heterocycles. The average molecular weight is 142 g/mol. The molecular weight excluding hydrogens is 136 g/mol. The maximum atomic E-state index is 10.2. The zero-order chi connectivity index (χ0) is 7.40. The van der Waals surface area contributed by atoms with Crippen LogP contribution in [0, 0.1) is 0 Å². The Balaban J connectivity index is 2.35. The maximum absolute atomic E-state index is 10.2. The smallest absolute Gasteiger partial charge is 0.304 e. The van der Waals surface area contributed by atoms with Gasteiger partial charge < -0.3 is 4.74 Å². The van der Waals surface area contributed by atoms with E-state index in [0.29, 0.717) is 0 Å². The number of carbonyl (C=O) groups excluding carboxylic acids is 1. The van der Waals surface area contributed by atoms with Gasteiger partial charge in [0.25, 0.3) is 0 Å². The summed E-state index contributed by atoms with van der Waals surface area (Å²) in [6.07, 6.45) is 1.27. The summed E-state index contributed by atoms with van der Waals surface area (Å²) >= 11 is 0. The van der Waals surface area contributed by atoms with Crippen LogP contribution >= 0.6 is 0 Å². The zero-order valence-electron chi connectivity index (χ0n) is 5.39. The number of rotatable bonds is 2. The van der Waals surface area contributed by atoms with Gasteiger partial charge in [-0.05, 0) is 5.21 Å². The van der Waals surface area contributed by atoms with E-state index in [0.717, 1.165) is 0 Å². The number of hydrogen-bond acceptors (Lipinski definition) is 5. The van der Waals surface area contributed by atoms with E-state index >= 15 is 0 Å². The van der Waals surface area contributed by atoms with Gasteiger partial charge in [0.2, 0.25) is 6.73 Å². The van der Waals surface area contributed by atoms with Crippen LogP contribution in [-0.2, 0) is 16.3 Å². The molecule has 0 aliphatic rings. The molecule has 10 heavy (non-hydrogen) atoms. The van der Waals surface area contributed by atoms with Gasteiger partial charge in [-0.1, -0.05) is 0 Å². The molecule has 0 radical (unpaired) electrons. The number of tetrazole rings is 1. The van der Waals surface area contributed by atoms with Crippen LogP contribution in [-0.4, -0.2) is 26.2 Å². The van der Waals surface area contributed by atoms with E-state index < -0.39 is 0 Å². The van der Waals surface area contributed by atoms with Crippen LogP contribution in [0.3, 0.4) is 0 Å². The quantitative estimate of drug-likeness (QED) is 0.505. The molecule has 0 aromatic carbocycles. The number of carbonyl (C=O) groups is 1. The van der Waals surface area contributed by atoms with Crippen molar-refractivity contribution in [2.45, 2.75) is 13.7 Å². The van der Waals surface area contributed by atoms with Gasteiger partial charge in [0.15, 0.2) is 6.33 Å². The van der Waals surface area contributed by atoms with Gasteiger partial charge in [-0.3, -0.25) is 4.79 Å². The highest BCUT2D eigenvalue weighted by atomic mass is 16.5. The first-order chi connectivity index (χ1) is 4.79. The molecule has 0 saturated carbocycles. The number of esters is 1.